The van der Waals surface area contributed by atoms with E-state index in [1.54, 1.807) is 14.1 Å². The summed E-state index contributed by atoms with van der Waals surface area (Å²) in [6.07, 6.45) is -4.16. The second-order valence-corrected chi connectivity index (χ2v) is 3.70. The fourth-order valence-electron chi connectivity index (χ4n) is 1.07. The van der Waals surface area contributed by atoms with Gasteiger partial charge in [0.05, 0.1) is 17.4 Å². The molecule has 2 N–H and O–H groups in total. The second kappa shape index (κ2) is 5.12. The molecule has 0 bridgehead atoms. The lowest BCUT2D eigenvalue weighted by molar-refractivity contribution is -0.193. The van der Waals surface area contributed by atoms with Crippen molar-refractivity contribution in [1.82, 2.24) is 4.98 Å². The standard InChI is InChI=1S/C10H10F3N3O3/c1-16(2)7-3-5(6(14)4-15-7)8(17)19-9(18)10(11,12)13/h3-4H,14H2,1-2H3. The molecular weight excluding hydrogens is 267 g/mol. The molecule has 0 spiro atoms. The summed E-state index contributed by atoms with van der Waals surface area (Å²) in [5.41, 5.74) is 4.85. The first kappa shape index (κ1) is 14.7. The van der Waals surface area contributed by atoms with Gasteiger partial charge in [0.2, 0.25) is 0 Å². The van der Waals surface area contributed by atoms with Crippen molar-refractivity contribution < 1.29 is 27.5 Å². The van der Waals surface area contributed by atoms with E-state index in [0.717, 1.165) is 12.3 Å². The molecule has 0 aliphatic rings. The van der Waals surface area contributed by atoms with Crippen LogP contribution >= 0.6 is 0 Å². The molecule has 19 heavy (non-hydrogen) atoms. The van der Waals surface area contributed by atoms with Crippen LogP contribution in [0.2, 0.25) is 0 Å². The lowest BCUT2D eigenvalue weighted by Gasteiger charge is -2.13. The zero-order valence-corrected chi connectivity index (χ0v) is 9.99. The molecule has 0 aliphatic heterocycles. The van der Waals surface area contributed by atoms with Crippen molar-refractivity contribution in [2.45, 2.75) is 6.18 Å². The molecule has 0 unspecified atom stereocenters. The predicted octanol–water partition coefficient (Wildman–Crippen LogP) is 0.975. The van der Waals surface area contributed by atoms with Crippen molar-refractivity contribution in [1.29, 1.82) is 0 Å². The highest BCUT2D eigenvalue weighted by molar-refractivity contribution is 6.02. The number of esters is 2. The summed E-state index contributed by atoms with van der Waals surface area (Å²) in [4.78, 5) is 27.3. The van der Waals surface area contributed by atoms with Gasteiger partial charge in [0, 0.05) is 14.1 Å². The van der Waals surface area contributed by atoms with Gasteiger partial charge in [-0.2, -0.15) is 13.2 Å². The molecule has 0 aromatic carbocycles. The Morgan fingerprint density at radius 2 is 1.95 bits per heavy atom. The molecule has 6 nitrogen and oxygen atoms in total. The van der Waals surface area contributed by atoms with E-state index in [4.69, 9.17) is 5.73 Å². The topological polar surface area (TPSA) is 85.5 Å². The maximum atomic E-state index is 12.0. The Hall–Kier alpha value is -2.32. The Morgan fingerprint density at radius 3 is 2.42 bits per heavy atom. The van der Waals surface area contributed by atoms with Crippen molar-refractivity contribution in [2.24, 2.45) is 0 Å². The lowest BCUT2D eigenvalue weighted by atomic mass is 10.2. The van der Waals surface area contributed by atoms with Gasteiger partial charge in [-0.15, -0.1) is 0 Å². The average Bonchev–Trinajstić information content (AvgIpc) is 2.27. The fraction of sp³-hybridized carbons (Fsp3) is 0.300. The summed E-state index contributed by atoms with van der Waals surface area (Å²) in [5.74, 6) is -3.80. The minimum absolute atomic E-state index is 0.189. The van der Waals surface area contributed by atoms with Gasteiger partial charge < -0.3 is 15.4 Å². The zero-order valence-electron chi connectivity index (χ0n) is 9.99. The first-order valence-corrected chi connectivity index (χ1v) is 4.89. The molecular formula is C10H10F3N3O3. The van der Waals surface area contributed by atoms with Crippen LogP contribution in [0.15, 0.2) is 12.3 Å². The van der Waals surface area contributed by atoms with Crippen LogP contribution in [-0.4, -0.2) is 37.2 Å². The van der Waals surface area contributed by atoms with E-state index < -0.39 is 18.1 Å². The number of carbonyl (C=O) groups is 2. The monoisotopic (exact) mass is 277 g/mol. The summed E-state index contributed by atoms with van der Waals surface area (Å²) in [6, 6.07) is 1.13. The Bertz CT molecular complexity index is 514. The van der Waals surface area contributed by atoms with Crippen LogP contribution in [0.1, 0.15) is 10.4 Å². The summed E-state index contributed by atoms with van der Waals surface area (Å²) in [7, 11) is 3.21. The fourth-order valence-corrected chi connectivity index (χ4v) is 1.07. The first-order chi connectivity index (χ1) is 8.62. The molecule has 0 fully saturated rings. The molecule has 1 aromatic heterocycles. The molecule has 104 valence electrons. The number of anilines is 2. The molecule has 0 radical (unpaired) electrons. The highest BCUT2D eigenvalue weighted by Crippen LogP contribution is 2.21. The predicted molar refractivity (Wildman–Crippen MR) is 59.5 cm³/mol. The van der Waals surface area contributed by atoms with E-state index in [0.29, 0.717) is 0 Å². The van der Waals surface area contributed by atoms with Gasteiger partial charge in [-0.1, -0.05) is 0 Å². The molecule has 1 aromatic rings. The molecule has 9 heteroatoms. The smallest absolute Gasteiger partial charge is 0.397 e. The minimum atomic E-state index is -5.25. The van der Waals surface area contributed by atoms with Gasteiger partial charge in [0.25, 0.3) is 0 Å². The highest BCUT2D eigenvalue weighted by atomic mass is 19.4. The number of alkyl halides is 3. The number of hydrogen-bond donors (Lipinski definition) is 1. The van der Waals surface area contributed by atoms with Crippen LogP contribution in [0.3, 0.4) is 0 Å². The molecule has 0 amide bonds. The van der Waals surface area contributed by atoms with Crippen LogP contribution in [0.4, 0.5) is 24.7 Å². The average molecular weight is 277 g/mol. The van der Waals surface area contributed by atoms with E-state index in [1.807, 2.05) is 0 Å². The third-order valence-electron chi connectivity index (χ3n) is 2.02. The van der Waals surface area contributed by atoms with Crippen LogP contribution in [0.25, 0.3) is 0 Å². The van der Waals surface area contributed by atoms with Gasteiger partial charge in [-0.05, 0) is 6.07 Å². The second-order valence-electron chi connectivity index (χ2n) is 3.70. The molecule has 0 saturated heterocycles. The maximum Gasteiger partial charge on any atom is 0.491 e. The largest absolute Gasteiger partial charge is 0.491 e. The summed E-state index contributed by atoms with van der Waals surface area (Å²) in [5, 5.41) is 0. The third kappa shape index (κ3) is 3.57. The van der Waals surface area contributed by atoms with Crippen molar-refractivity contribution in [3.63, 3.8) is 0 Å². The number of nitrogens with zero attached hydrogens (tertiary/aromatic N) is 2. The number of halogens is 3. The summed E-state index contributed by atoms with van der Waals surface area (Å²) < 4.78 is 39.6. The zero-order chi connectivity index (χ0) is 14.8. The number of rotatable bonds is 2. The van der Waals surface area contributed by atoms with Gasteiger partial charge >= 0.3 is 18.1 Å². The van der Waals surface area contributed by atoms with Crippen molar-refractivity contribution >= 4 is 23.4 Å². The number of nitrogen functional groups attached to an aromatic ring is 1. The number of aromatic nitrogens is 1. The molecule has 0 saturated carbocycles. The Balaban J connectivity index is 3.00. The number of ether oxygens (including phenoxy) is 1. The number of pyridine rings is 1. The van der Waals surface area contributed by atoms with Crippen LogP contribution in [0.5, 0.6) is 0 Å². The lowest BCUT2D eigenvalue weighted by Crippen LogP contribution is -2.28. The Morgan fingerprint density at radius 1 is 1.37 bits per heavy atom. The van der Waals surface area contributed by atoms with E-state index in [9.17, 15) is 22.8 Å². The Kier molecular flexibility index (Phi) is 3.98. The summed E-state index contributed by atoms with van der Waals surface area (Å²) >= 11 is 0. The van der Waals surface area contributed by atoms with E-state index in [-0.39, 0.29) is 17.1 Å². The number of nitrogens with two attached hydrogens (primary N) is 1. The van der Waals surface area contributed by atoms with Gasteiger partial charge in [-0.3, -0.25) is 0 Å². The van der Waals surface area contributed by atoms with E-state index in [1.165, 1.54) is 4.90 Å². The van der Waals surface area contributed by atoms with Crippen LogP contribution < -0.4 is 10.6 Å². The molecule has 0 atom stereocenters. The first-order valence-electron chi connectivity index (χ1n) is 4.89. The van der Waals surface area contributed by atoms with Crippen LogP contribution in [-0.2, 0) is 9.53 Å². The van der Waals surface area contributed by atoms with Crippen molar-refractivity contribution in [3.05, 3.63) is 17.8 Å². The van der Waals surface area contributed by atoms with Gasteiger partial charge in [-0.25, -0.2) is 14.6 Å². The SMILES string of the molecule is CN(C)c1cc(C(=O)OC(=O)C(F)(F)F)c(N)cn1. The molecule has 1 heterocycles. The van der Waals surface area contributed by atoms with Crippen LogP contribution in [0, 0.1) is 0 Å². The van der Waals surface area contributed by atoms with Crippen molar-refractivity contribution in [2.75, 3.05) is 24.7 Å². The third-order valence-corrected chi connectivity index (χ3v) is 2.02. The maximum absolute atomic E-state index is 12.0. The van der Waals surface area contributed by atoms with Gasteiger partial charge in [0.15, 0.2) is 0 Å². The molecule has 1 rings (SSSR count). The number of hydrogen-bond acceptors (Lipinski definition) is 6. The molecule has 0 aliphatic carbocycles. The Labute approximate surface area is 106 Å². The van der Waals surface area contributed by atoms with Gasteiger partial charge in [0.1, 0.15) is 5.82 Å². The highest BCUT2D eigenvalue weighted by Gasteiger charge is 2.42. The number of carbonyl (C=O) groups excluding carboxylic acids is 2. The van der Waals surface area contributed by atoms with E-state index >= 15 is 0 Å². The summed E-state index contributed by atoms with van der Waals surface area (Å²) in [6.45, 7) is 0. The normalized spacial score (nSPS) is 11.0. The van der Waals surface area contributed by atoms with Crippen molar-refractivity contribution in [3.8, 4) is 0 Å². The quantitative estimate of drug-likeness (QED) is 0.640. The van der Waals surface area contributed by atoms with E-state index in [2.05, 4.69) is 9.72 Å². The minimum Gasteiger partial charge on any atom is -0.397 e.